The lowest BCUT2D eigenvalue weighted by molar-refractivity contribution is -0.135. The van der Waals surface area contributed by atoms with Crippen molar-refractivity contribution in [2.75, 3.05) is 31.6 Å². The van der Waals surface area contributed by atoms with E-state index in [9.17, 15) is 9.59 Å². The lowest BCUT2D eigenvalue weighted by atomic mass is 10.00. The predicted molar refractivity (Wildman–Crippen MR) is 146 cm³/mol. The smallest absolute Gasteiger partial charge is 0.322 e. The van der Waals surface area contributed by atoms with Gasteiger partial charge >= 0.3 is 6.03 Å². The quantitative estimate of drug-likeness (QED) is 0.347. The molecule has 0 radical (unpaired) electrons. The lowest BCUT2D eigenvalue weighted by Crippen LogP contribution is -2.49. The molecule has 36 heavy (non-hydrogen) atoms. The molecule has 3 aromatic rings. The molecule has 190 valence electrons. The van der Waals surface area contributed by atoms with Crippen LogP contribution in [0.15, 0.2) is 66.0 Å². The molecule has 1 aliphatic rings. The maximum atomic E-state index is 13.7. The van der Waals surface area contributed by atoms with Crippen molar-refractivity contribution >= 4 is 40.6 Å². The number of fused-ring (bicyclic) bond motifs is 1. The molecule has 0 spiro atoms. The summed E-state index contributed by atoms with van der Waals surface area (Å²) in [5, 5.41) is 5.51. The fourth-order valence-electron chi connectivity index (χ4n) is 4.31. The van der Waals surface area contributed by atoms with Crippen molar-refractivity contribution in [1.29, 1.82) is 0 Å². The molecule has 1 aliphatic heterocycles. The van der Waals surface area contributed by atoms with Gasteiger partial charge < -0.3 is 19.9 Å². The van der Waals surface area contributed by atoms with Gasteiger partial charge in [0.05, 0.1) is 6.04 Å². The number of para-hydroxylation sites is 1. The number of ether oxygens (including phenoxy) is 1. The molecule has 1 aromatic heterocycles. The van der Waals surface area contributed by atoms with E-state index in [0.717, 1.165) is 24.2 Å². The number of thiophene rings is 1. The van der Waals surface area contributed by atoms with Crippen molar-refractivity contribution in [3.8, 4) is 5.75 Å². The van der Waals surface area contributed by atoms with Crippen LogP contribution in [0.4, 0.5) is 10.5 Å². The first-order valence-electron chi connectivity index (χ1n) is 12.3. The van der Waals surface area contributed by atoms with Crippen LogP contribution in [-0.4, -0.2) is 48.0 Å². The van der Waals surface area contributed by atoms with Crippen LogP contribution in [0.25, 0.3) is 0 Å². The third-order valence-corrected chi connectivity index (χ3v) is 7.72. The molecule has 8 heteroatoms. The minimum atomic E-state index is -0.309. The van der Waals surface area contributed by atoms with E-state index in [-0.39, 0.29) is 30.4 Å². The van der Waals surface area contributed by atoms with Gasteiger partial charge in [-0.3, -0.25) is 4.79 Å². The van der Waals surface area contributed by atoms with Gasteiger partial charge in [-0.2, -0.15) is 0 Å². The highest BCUT2D eigenvalue weighted by atomic mass is 35.5. The summed E-state index contributed by atoms with van der Waals surface area (Å²) >= 11 is 7.80. The van der Waals surface area contributed by atoms with Crippen LogP contribution in [0.5, 0.6) is 5.75 Å². The molecule has 4 rings (SSSR count). The van der Waals surface area contributed by atoms with E-state index in [1.807, 2.05) is 35.2 Å². The average molecular weight is 526 g/mol. The summed E-state index contributed by atoms with van der Waals surface area (Å²) in [5.41, 5.74) is 1.73. The molecular formula is C28H32ClN3O3S. The van der Waals surface area contributed by atoms with Gasteiger partial charge in [0, 0.05) is 28.7 Å². The Morgan fingerprint density at radius 2 is 2.00 bits per heavy atom. The standard InChI is InChI=1S/C28H32ClN3O3S/c1-3-20(2)17-31(28(34)30-22-9-7-8-21(29)16-22)18-27(33)32-14-12-26-24(13-15-36-26)25(32)19-35-23-10-5-4-6-11-23/h4-11,13,15-16,20,25H,3,12,14,17-19H2,1-2H3,(H,30,34)/t20-,25+/m0/s1. The van der Waals surface area contributed by atoms with E-state index in [1.165, 1.54) is 4.88 Å². The summed E-state index contributed by atoms with van der Waals surface area (Å²) in [4.78, 5) is 31.7. The predicted octanol–water partition coefficient (Wildman–Crippen LogP) is 6.49. The number of nitrogens with zero attached hydrogens (tertiary/aromatic N) is 2. The highest BCUT2D eigenvalue weighted by Gasteiger charge is 2.33. The van der Waals surface area contributed by atoms with Gasteiger partial charge in [-0.1, -0.05) is 56.1 Å². The number of nitrogens with one attached hydrogen (secondary N) is 1. The zero-order valence-corrected chi connectivity index (χ0v) is 22.2. The molecule has 0 aliphatic carbocycles. The van der Waals surface area contributed by atoms with E-state index >= 15 is 0 Å². The van der Waals surface area contributed by atoms with Gasteiger partial charge in [-0.25, -0.2) is 4.79 Å². The van der Waals surface area contributed by atoms with Crippen LogP contribution in [0, 0.1) is 5.92 Å². The molecule has 6 nitrogen and oxygen atoms in total. The largest absolute Gasteiger partial charge is 0.491 e. The van der Waals surface area contributed by atoms with Crippen LogP contribution in [-0.2, 0) is 11.2 Å². The number of benzene rings is 2. The second-order valence-electron chi connectivity index (χ2n) is 9.11. The number of rotatable bonds is 9. The molecule has 0 saturated heterocycles. The molecule has 0 saturated carbocycles. The van der Waals surface area contributed by atoms with Gasteiger partial charge in [-0.15, -0.1) is 11.3 Å². The number of anilines is 1. The van der Waals surface area contributed by atoms with E-state index in [0.29, 0.717) is 30.4 Å². The normalized spacial score (nSPS) is 15.6. The fraction of sp³-hybridized carbons (Fsp3) is 0.357. The summed E-state index contributed by atoms with van der Waals surface area (Å²) in [6, 6.07) is 18.2. The topological polar surface area (TPSA) is 61.9 Å². The van der Waals surface area contributed by atoms with Crippen molar-refractivity contribution in [3.05, 3.63) is 81.5 Å². The first-order chi connectivity index (χ1) is 17.4. The monoisotopic (exact) mass is 525 g/mol. The molecule has 1 N–H and O–H groups in total. The van der Waals surface area contributed by atoms with Gasteiger partial charge in [-0.05, 0) is 59.7 Å². The van der Waals surface area contributed by atoms with Crippen LogP contribution in [0.2, 0.25) is 5.02 Å². The number of carbonyl (C=O) groups is 2. The summed E-state index contributed by atoms with van der Waals surface area (Å²) in [7, 11) is 0. The van der Waals surface area contributed by atoms with Crippen LogP contribution in [0.3, 0.4) is 0 Å². The summed E-state index contributed by atoms with van der Waals surface area (Å²) in [6.07, 6.45) is 1.71. The Labute approximate surface area is 221 Å². The van der Waals surface area contributed by atoms with Gasteiger partial charge in [0.15, 0.2) is 0 Å². The van der Waals surface area contributed by atoms with Crippen molar-refractivity contribution in [2.45, 2.75) is 32.7 Å². The second-order valence-corrected chi connectivity index (χ2v) is 10.5. The summed E-state index contributed by atoms with van der Waals surface area (Å²) < 4.78 is 6.08. The van der Waals surface area contributed by atoms with Crippen LogP contribution >= 0.6 is 22.9 Å². The van der Waals surface area contributed by atoms with Gasteiger partial charge in [0.1, 0.15) is 18.9 Å². The zero-order chi connectivity index (χ0) is 25.5. The Balaban J connectivity index is 1.50. The van der Waals surface area contributed by atoms with E-state index in [4.69, 9.17) is 16.3 Å². The Hall–Kier alpha value is -3.03. The molecule has 0 unspecified atom stereocenters. The minimum Gasteiger partial charge on any atom is -0.491 e. The lowest BCUT2D eigenvalue weighted by Gasteiger charge is -2.37. The molecule has 2 atom stereocenters. The highest BCUT2D eigenvalue weighted by Crippen LogP contribution is 2.34. The van der Waals surface area contributed by atoms with Crippen molar-refractivity contribution in [2.24, 2.45) is 5.92 Å². The highest BCUT2D eigenvalue weighted by molar-refractivity contribution is 7.10. The molecule has 0 fully saturated rings. The second kappa shape index (κ2) is 12.3. The number of carbonyl (C=O) groups excluding carboxylic acids is 2. The van der Waals surface area contributed by atoms with Crippen LogP contribution < -0.4 is 10.1 Å². The SMILES string of the molecule is CC[C@H](C)CN(CC(=O)N1CCc2sccc2[C@H]1COc1ccccc1)C(=O)Nc1cccc(Cl)c1. The van der Waals surface area contributed by atoms with E-state index in [2.05, 4.69) is 30.6 Å². The maximum Gasteiger partial charge on any atom is 0.322 e. The number of urea groups is 1. The first-order valence-corrected chi connectivity index (χ1v) is 13.6. The molecule has 3 amide bonds. The first kappa shape index (κ1) is 26.0. The Kier molecular flexibility index (Phi) is 8.88. The third-order valence-electron chi connectivity index (χ3n) is 6.48. The number of hydrogen-bond acceptors (Lipinski definition) is 4. The summed E-state index contributed by atoms with van der Waals surface area (Å²) in [5.74, 6) is 0.939. The minimum absolute atomic E-state index is 0.00194. The fourth-order valence-corrected chi connectivity index (χ4v) is 5.43. The number of hydrogen-bond donors (Lipinski definition) is 1. The molecule has 2 heterocycles. The number of amides is 3. The van der Waals surface area contributed by atoms with E-state index in [1.54, 1.807) is 40.5 Å². The Morgan fingerprint density at radius 3 is 2.75 bits per heavy atom. The molecular weight excluding hydrogens is 494 g/mol. The van der Waals surface area contributed by atoms with Crippen molar-refractivity contribution < 1.29 is 14.3 Å². The summed E-state index contributed by atoms with van der Waals surface area (Å²) in [6.45, 7) is 5.61. The van der Waals surface area contributed by atoms with Gasteiger partial charge in [0.2, 0.25) is 5.91 Å². The van der Waals surface area contributed by atoms with Crippen LogP contribution in [0.1, 0.15) is 36.8 Å². The van der Waals surface area contributed by atoms with Gasteiger partial charge in [0.25, 0.3) is 0 Å². The maximum absolute atomic E-state index is 13.7. The molecule has 2 aromatic carbocycles. The zero-order valence-electron chi connectivity index (χ0n) is 20.7. The average Bonchev–Trinajstić information content (AvgIpc) is 3.36. The van der Waals surface area contributed by atoms with Crippen molar-refractivity contribution in [1.82, 2.24) is 9.80 Å². The van der Waals surface area contributed by atoms with Crippen molar-refractivity contribution in [3.63, 3.8) is 0 Å². The Bertz CT molecular complexity index is 1170. The Morgan fingerprint density at radius 1 is 1.19 bits per heavy atom. The van der Waals surface area contributed by atoms with E-state index < -0.39 is 0 Å². The molecule has 0 bridgehead atoms. The third kappa shape index (κ3) is 6.59. The number of halogens is 1.